The molecule has 2 aliphatic carbocycles. The van der Waals surface area contributed by atoms with E-state index >= 15 is 0 Å². The minimum Gasteiger partial charge on any atom is -0.328 e. The molecule has 0 aromatic carbocycles. The van der Waals surface area contributed by atoms with Crippen LogP contribution in [0.2, 0.25) is 0 Å². The zero-order valence-electron chi connectivity index (χ0n) is 11.5. The maximum absolute atomic E-state index is 6.05. The molecule has 0 aliphatic heterocycles. The van der Waals surface area contributed by atoms with E-state index < -0.39 is 0 Å². The van der Waals surface area contributed by atoms with Crippen LogP contribution in [-0.4, -0.2) is 18.6 Å². The predicted molar refractivity (Wildman–Crippen MR) is 74.0 cm³/mol. The Labute approximate surface area is 107 Å². The summed E-state index contributed by atoms with van der Waals surface area (Å²) in [6.45, 7) is 3.62. The monoisotopic (exact) mass is 238 g/mol. The van der Waals surface area contributed by atoms with Crippen molar-refractivity contribution in [1.82, 2.24) is 5.32 Å². The lowest BCUT2D eigenvalue weighted by molar-refractivity contribution is 0.293. The van der Waals surface area contributed by atoms with E-state index in [2.05, 4.69) is 12.2 Å². The molecule has 0 saturated heterocycles. The molecule has 0 bridgehead atoms. The molecule has 2 saturated carbocycles. The molecule has 100 valence electrons. The van der Waals surface area contributed by atoms with Crippen molar-refractivity contribution < 1.29 is 0 Å². The molecular weight excluding hydrogens is 208 g/mol. The quantitative estimate of drug-likeness (QED) is 0.742. The third-order valence-corrected chi connectivity index (χ3v) is 4.78. The summed E-state index contributed by atoms with van der Waals surface area (Å²) in [7, 11) is 0. The molecule has 0 aromatic heterocycles. The van der Waals surface area contributed by atoms with E-state index in [9.17, 15) is 0 Å². The van der Waals surface area contributed by atoms with Gasteiger partial charge in [0.1, 0.15) is 0 Å². The maximum atomic E-state index is 6.05. The summed E-state index contributed by atoms with van der Waals surface area (Å²) in [5.74, 6) is 1.80. The van der Waals surface area contributed by atoms with E-state index in [0.29, 0.717) is 6.04 Å². The van der Waals surface area contributed by atoms with Gasteiger partial charge in [0.05, 0.1) is 0 Å². The van der Waals surface area contributed by atoms with Gasteiger partial charge in [0.25, 0.3) is 0 Å². The highest BCUT2D eigenvalue weighted by Gasteiger charge is 2.21. The van der Waals surface area contributed by atoms with Gasteiger partial charge in [-0.1, -0.05) is 26.2 Å². The lowest BCUT2D eigenvalue weighted by atomic mass is 9.86. The number of nitrogens with one attached hydrogen (secondary N) is 1. The Hall–Kier alpha value is -0.0800. The summed E-state index contributed by atoms with van der Waals surface area (Å²) in [6, 6.07) is 1.27. The number of nitrogens with two attached hydrogens (primary N) is 1. The summed E-state index contributed by atoms with van der Waals surface area (Å²) in [5.41, 5.74) is 6.05. The van der Waals surface area contributed by atoms with E-state index in [1.807, 2.05) is 0 Å². The lowest BCUT2D eigenvalue weighted by Crippen LogP contribution is -2.37. The second kappa shape index (κ2) is 6.75. The minimum atomic E-state index is 0.477. The molecular formula is C15H30N2. The highest BCUT2D eigenvalue weighted by Crippen LogP contribution is 2.25. The van der Waals surface area contributed by atoms with E-state index in [4.69, 9.17) is 5.73 Å². The molecule has 2 fully saturated rings. The van der Waals surface area contributed by atoms with Crippen LogP contribution in [0.1, 0.15) is 64.7 Å². The number of hydrogen-bond acceptors (Lipinski definition) is 2. The fourth-order valence-corrected chi connectivity index (χ4v) is 3.54. The largest absolute Gasteiger partial charge is 0.328 e. The Morgan fingerprint density at radius 1 is 1.00 bits per heavy atom. The van der Waals surface area contributed by atoms with Crippen LogP contribution in [0.4, 0.5) is 0 Å². The van der Waals surface area contributed by atoms with E-state index in [1.165, 1.54) is 64.3 Å². The first-order valence-corrected chi connectivity index (χ1v) is 7.73. The van der Waals surface area contributed by atoms with Crippen LogP contribution in [0.5, 0.6) is 0 Å². The average molecular weight is 238 g/mol. The van der Waals surface area contributed by atoms with E-state index in [1.54, 1.807) is 0 Å². The second-order valence-electron chi connectivity index (χ2n) is 6.51. The van der Waals surface area contributed by atoms with Crippen molar-refractivity contribution in [3.8, 4) is 0 Å². The summed E-state index contributed by atoms with van der Waals surface area (Å²) in [6.07, 6.45) is 12.3. The standard InChI is InChI=1S/C15H30N2/c1-12-4-2-7-15(9-8-12)17-11-13-5-3-6-14(16)10-13/h12-15,17H,2-11,16H2,1H3. The molecule has 0 radical (unpaired) electrons. The first-order chi connectivity index (χ1) is 8.24. The van der Waals surface area contributed by atoms with E-state index in [0.717, 1.165) is 17.9 Å². The zero-order chi connectivity index (χ0) is 12.1. The summed E-state index contributed by atoms with van der Waals surface area (Å²) >= 11 is 0. The second-order valence-corrected chi connectivity index (χ2v) is 6.51. The molecule has 17 heavy (non-hydrogen) atoms. The molecule has 0 amide bonds. The van der Waals surface area contributed by atoms with Crippen LogP contribution in [0.3, 0.4) is 0 Å². The fourth-order valence-electron chi connectivity index (χ4n) is 3.54. The summed E-state index contributed by atoms with van der Waals surface area (Å²) in [5, 5.41) is 3.82. The van der Waals surface area contributed by atoms with Crippen LogP contribution >= 0.6 is 0 Å². The van der Waals surface area contributed by atoms with E-state index in [-0.39, 0.29) is 0 Å². The highest BCUT2D eigenvalue weighted by atomic mass is 14.9. The highest BCUT2D eigenvalue weighted by molar-refractivity contribution is 4.79. The number of rotatable bonds is 3. The van der Waals surface area contributed by atoms with Gasteiger partial charge in [0.2, 0.25) is 0 Å². The van der Waals surface area contributed by atoms with Gasteiger partial charge in [-0.05, 0) is 56.9 Å². The van der Waals surface area contributed by atoms with Crippen LogP contribution in [0, 0.1) is 11.8 Å². The summed E-state index contributed by atoms with van der Waals surface area (Å²) < 4.78 is 0. The van der Waals surface area contributed by atoms with Crippen LogP contribution in [0.25, 0.3) is 0 Å². The number of hydrogen-bond donors (Lipinski definition) is 2. The fraction of sp³-hybridized carbons (Fsp3) is 1.00. The molecule has 0 spiro atoms. The first kappa shape index (κ1) is 13.4. The SMILES string of the molecule is CC1CCCC(NCC2CCCC(N)C2)CC1. The van der Waals surface area contributed by atoms with Crippen molar-refractivity contribution >= 4 is 0 Å². The molecule has 4 unspecified atom stereocenters. The smallest absolute Gasteiger partial charge is 0.00672 e. The van der Waals surface area contributed by atoms with Gasteiger partial charge < -0.3 is 11.1 Å². The van der Waals surface area contributed by atoms with Crippen molar-refractivity contribution in [2.75, 3.05) is 6.54 Å². The predicted octanol–water partition coefficient (Wildman–Crippen LogP) is 3.06. The van der Waals surface area contributed by atoms with Gasteiger partial charge in [0.15, 0.2) is 0 Å². The Balaban J connectivity index is 1.66. The van der Waals surface area contributed by atoms with Crippen molar-refractivity contribution in [2.45, 2.75) is 76.8 Å². The first-order valence-electron chi connectivity index (χ1n) is 7.73. The van der Waals surface area contributed by atoms with Crippen LogP contribution < -0.4 is 11.1 Å². The molecule has 4 atom stereocenters. The summed E-state index contributed by atoms with van der Waals surface area (Å²) in [4.78, 5) is 0. The molecule has 2 rings (SSSR count). The van der Waals surface area contributed by atoms with Gasteiger partial charge >= 0.3 is 0 Å². The molecule has 0 aromatic rings. The van der Waals surface area contributed by atoms with Crippen molar-refractivity contribution in [1.29, 1.82) is 0 Å². The average Bonchev–Trinajstić information content (AvgIpc) is 2.52. The Bertz CT molecular complexity index is 217. The van der Waals surface area contributed by atoms with Gasteiger partial charge in [-0.15, -0.1) is 0 Å². The molecule has 2 nitrogen and oxygen atoms in total. The topological polar surface area (TPSA) is 38.0 Å². The zero-order valence-corrected chi connectivity index (χ0v) is 11.5. The Morgan fingerprint density at radius 2 is 1.82 bits per heavy atom. The molecule has 3 N–H and O–H groups in total. The minimum absolute atomic E-state index is 0.477. The third kappa shape index (κ3) is 4.59. The van der Waals surface area contributed by atoms with Gasteiger partial charge in [-0.2, -0.15) is 0 Å². The Kier molecular flexibility index (Phi) is 5.30. The van der Waals surface area contributed by atoms with Gasteiger partial charge in [-0.3, -0.25) is 0 Å². The molecule has 2 heteroatoms. The lowest BCUT2D eigenvalue weighted by Gasteiger charge is -2.28. The van der Waals surface area contributed by atoms with Crippen molar-refractivity contribution in [2.24, 2.45) is 17.6 Å². The normalized spacial score (nSPS) is 39.9. The molecule has 0 heterocycles. The molecule has 2 aliphatic rings. The van der Waals surface area contributed by atoms with Gasteiger partial charge in [-0.25, -0.2) is 0 Å². The van der Waals surface area contributed by atoms with Crippen LogP contribution in [-0.2, 0) is 0 Å². The Morgan fingerprint density at radius 3 is 2.65 bits per heavy atom. The van der Waals surface area contributed by atoms with Crippen LogP contribution in [0.15, 0.2) is 0 Å². The third-order valence-electron chi connectivity index (χ3n) is 4.78. The maximum Gasteiger partial charge on any atom is 0.00672 e. The van der Waals surface area contributed by atoms with Gasteiger partial charge in [0, 0.05) is 12.1 Å². The van der Waals surface area contributed by atoms with Crippen molar-refractivity contribution in [3.63, 3.8) is 0 Å². The van der Waals surface area contributed by atoms with Crippen molar-refractivity contribution in [3.05, 3.63) is 0 Å².